The molecule has 3 rings (SSSR count). The molecule has 20 heavy (non-hydrogen) atoms. The lowest BCUT2D eigenvalue weighted by Gasteiger charge is -2.22. The standard InChI is InChI=1S/C15H14ClN3O/c16-12-10-17-8-6-11(12)15(20)19-9-3-7-18-13-4-1-2-5-14(13)19/h1-2,4-6,8,10,18H,3,7,9H2. The van der Waals surface area contributed by atoms with Crippen molar-refractivity contribution in [3.8, 4) is 0 Å². The maximum Gasteiger partial charge on any atom is 0.259 e. The van der Waals surface area contributed by atoms with Gasteiger partial charge in [0.25, 0.3) is 5.91 Å². The van der Waals surface area contributed by atoms with E-state index in [2.05, 4.69) is 10.3 Å². The van der Waals surface area contributed by atoms with Crippen molar-refractivity contribution in [1.29, 1.82) is 0 Å². The number of anilines is 2. The third-order valence-corrected chi connectivity index (χ3v) is 3.62. The van der Waals surface area contributed by atoms with E-state index in [1.165, 1.54) is 6.20 Å². The predicted molar refractivity (Wildman–Crippen MR) is 80.5 cm³/mol. The second-order valence-corrected chi connectivity index (χ2v) is 5.02. The minimum Gasteiger partial charge on any atom is -0.383 e. The number of fused-ring (bicyclic) bond motifs is 1. The van der Waals surface area contributed by atoms with E-state index in [4.69, 9.17) is 11.6 Å². The summed E-state index contributed by atoms with van der Waals surface area (Å²) in [6.45, 7) is 1.52. The Hall–Kier alpha value is -2.07. The van der Waals surface area contributed by atoms with Crippen LogP contribution in [0.15, 0.2) is 42.7 Å². The van der Waals surface area contributed by atoms with Crippen molar-refractivity contribution >= 4 is 28.9 Å². The van der Waals surface area contributed by atoms with E-state index >= 15 is 0 Å². The van der Waals surface area contributed by atoms with Gasteiger partial charge in [0, 0.05) is 25.5 Å². The maximum atomic E-state index is 12.7. The predicted octanol–water partition coefficient (Wildman–Crippen LogP) is 3.20. The number of para-hydroxylation sites is 2. The molecule has 0 atom stereocenters. The minimum absolute atomic E-state index is 0.0893. The molecule has 4 nitrogen and oxygen atoms in total. The number of amides is 1. The molecule has 1 aliphatic rings. The highest BCUT2D eigenvalue weighted by molar-refractivity contribution is 6.34. The van der Waals surface area contributed by atoms with Gasteiger partial charge in [-0.25, -0.2) is 0 Å². The van der Waals surface area contributed by atoms with Gasteiger partial charge in [0.2, 0.25) is 0 Å². The van der Waals surface area contributed by atoms with Crippen LogP contribution in [0.1, 0.15) is 16.8 Å². The van der Waals surface area contributed by atoms with Crippen LogP contribution in [0, 0.1) is 0 Å². The number of carbonyl (C=O) groups is 1. The fourth-order valence-electron chi connectivity index (χ4n) is 2.34. The molecule has 102 valence electrons. The molecule has 0 saturated carbocycles. The SMILES string of the molecule is O=C(c1ccncc1Cl)N1CCCNc2ccccc21. The summed E-state index contributed by atoms with van der Waals surface area (Å²) in [5.74, 6) is -0.0893. The molecule has 2 aromatic rings. The highest BCUT2D eigenvalue weighted by atomic mass is 35.5. The van der Waals surface area contributed by atoms with Gasteiger partial charge in [-0.1, -0.05) is 23.7 Å². The first kappa shape index (κ1) is 12.9. The largest absolute Gasteiger partial charge is 0.383 e. The molecular formula is C15H14ClN3O. The molecule has 1 amide bonds. The van der Waals surface area contributed by atoms with E-state index in [0.717, 1.165) is 24.3 Å². The summed E-state index contributed by atoms with van der Waals surface area (Å²) in [5.41, 5.74) is 2.35. The number of hydrogen-bond acceptors (Lipinski definition) is 3. The third-order valence-electron chi connectivity index (χ3n) is 3.32. The Bertz CT molecular complexity index is 645. The fourth-order valence-corrected chi connectivity index (χ4v) is 2.54. The van der Waals surface area contributed by atoms with Gasteiger partial charge in [0.15, 0.2) is 0 Å². The normalized spacial score (nSPS) is 14.2. The topological polar surface area (TPSA) is 45.2 Å². The average Bonchev–Trinajstić information content (AvgIpc) is 2.69. The molecule has 5 heteroatoms. The van der Waals surface area contributed by atoms with Crippen LogP contribution in [0.5, 0.6) is 0 Å². The van der Waals surface area contributed by atoms with E-state index in [0.29, 0.717) is 17.1 Å². The van der Waals surface area contributed by atoms with Gasteiger partial charge in [-0.05, 0) is 24.6 Å². The molecule has 0 unspecified atom stereocenters. The summed E-state index contributed by atoms with van der Waals surface area (Å²) in [5, 5.41) is 3.72. The number of benzene rings is 1. The average molecular weight is 288 g/mol. The molecule has 0 radical (unpaired) electrons. The first-order valence-electron chi connectivity index (χ1n) is 6.51. The van der Waals surface area contributed by atoms with Gasteiger partial charge in [-0.15, -0.1) is 0 Å². The molecule has 1 N–H and O–H groups in total. The van der Waals surface area contributed by atoms with E-state index in [1.54, 1.807) is 17.2 Å². The van der Waals surface area contributed by atoms with Crippen molar-refractivity contribution in [3.05, 3.63) is 53.3 Å². The van der Waals surface area contributed by atoms with Crippen molar-refractivity contribution < 1.29 is 4.79 Å². The van der Waals surface area contributed by atoms with Crippen LogP contribution >= 0.6 is 11.6 Å². The van der Waals surface area contributed by atoms with E-state index < -0.39 is 0 Å². The van der Waals surface area contributed by atoms with E-state index in [1.807, 2.05) is 24.3 Å². The number of halogens is 1. The number of hydrogen-bond donors (Lipinski definition) is 1. The van der Waals surface area contributed by atoms with Crippen molar-refractivity contribution in [1.82, 2.24) is 4.98 Å². The molecule has 2 heterocycles. The summed E-state index contributed by atoms with van der Waals surface area (Å²) < 4.78 is 0. The Morgan fingerprint density at radius 3 is 3.00 bits per heavy atom. The fraction of sp³-hybridized carbons (Fsp3) is 0.200. The molecule has 1 aromatic carbocycles. The number of aromatic nitrogens is 1. The monoisotopic (exact) mass is 287 g/mol. The van der Waals surface area contributed by atoms with Crippen molar-refractivity contribution in [2.75, 3.05) is 23.3 Å². The van der Waals surface area contributed by atoms with Gasteiger partial charge in [0.1, 0.15) is 0 Å². The minimum atomic E-state index is -0.0893. The van der Waals surface area contributed by atoms with Crippen molar-refractivity contribution in [3.63, 3.8) is 0 Å². The molecule has 1 aliphatic heterocycles. The number of nitrogens with one attached hydrogen (secondary N) is 1. The molecule has 1 aromatic heterocycles. The second-order valence-electron chi connectivity index (χ2n) is 4.61. The van der Waals surface area contributed by atoms with Crippen LogP contribution < -0.4 is 10.2 Å². The van der Waals surface area contributed by atoms with E-state index in [-0.39, 0.29) is 5.91 Å². The number of rotatable bonds is 1. The maximum absolute atomic E-state index is 12.7. The third kappa shape index (κ3) is 2.34. The van der Waals surface area contributed by atoms with Crippen molar-refractivity contribution in [2.45, 2.75) is 6.42 Å². The first-order valence-corrected chi connectivity index (χ1v) is 6.89. The first-order chi connectivity index (χ1) is 9.77. The number of pyridine rings is 1. The van der Waals surface area contributed by atoms with Crippen LogP contribution in [-0.4, -0.2) is 24.0 Å². The van der Waals surface area contributed by atoms with Gasteiger partial charge < -0.3 is 10.2 Å². The summed E-state index contributed by atoms with van der Waals surface area (Å²) in [6.07, 6.45) is 3.97. The summed E-state index contributed by atoms with van der Waals surface area (Å²) >= 11 is 6.08. The van der Waals surface area contributed by atoms with Gasteiger partial charge in [-0.2, -0.15) is 0 Å². The van der Waals surface area contributed by atoms with Crippen LogP contribution in [0.3, 0.4) is 0 Å². The molecule has 0 fully saturated rings. The Labute approximate surface area is 122 Å². The van der Waals surface area contributed by atoms with Gasteiger partial charge in [-0.3, -0.25) is 9.78 Å². The lowest BCUT2D eigenvalue weighted by atomic mass is 10.2. The molecule has 0 aliphatic carbocycles. The zero-order valence-electron chi connectivity index (χ0n) is 10.8. The lowest BCUT2D eigenvalue weighted by Crippen LogP contribution is -2.31. The summed E-state index contributed by atoms with van der Waals surface area (Å²) in [6, 6.07) is 9.47. The Morgan fingerprint density at radius 2 is 2.15 bits per heavy atom. The molecule has 0 spiro atoms. The van der Waals surface area contributed by atoms with Gasteiger partial charge in [0.05, 0.1) is 22.0 Å². The number of carbonyl (C=O) groups excluding carboxylic acids is 1. The zero-order chi connectivity index (χ0) is 13.9. The molecule has 0 bridgehead atoms. The van der Waals surface area contributed by atoms with Gasteiger partial charge >= 0.3 is 0 Å². The van der Waals surface area contributed by atoms with Crippen LogP contribution in [0.25, 0.3) is 0 Å². The number of nitrogens with zero attached hydrogens (tertiary/aromatic N) is 2. The van der Waals surface area contributed by atoms with Crippen LogP contribution in [0.4, 0.5) is 11.4 Å². The van der Waals surface area contributed by atoms with Crippen LogP contribution in [0.2, 0.25) is 5.02 Å². The Balaban J connectivity index is 2.02. The Morgan fingerprint density at radius 1 is 1.30 bits per heavy atom. The highest BCUT2D eigenvalue weighted by Gasteiger charge is 2.23. The highest BCUT2D eigenvalue weighted by Crippen LogP contribution is 2.30. The molecular weight excluding hydrogens is 274 g/mol. The van der Waals surface area contributed by atoms with E-state index in [9.17, 15) is 4.79 Å². The van der Waals surface area contributed by atoms with Crippen LogP contribution in [-0.2, 0) is 0 Å². The lowest BCUT2D eigenvalue weighted by molar-refractivity contribution is 0.0987. The summed E-state index contributed by atoms with van der Waals surface area (Å²) in [7, 11) is 0. The zero-order valence-corrected chi connectivity index (χ0v) is 11.6. The molecule has 0 saturated heterocycles. The summed E-state index contributed by atoms with van der Waals surface area (Å²) in [4.78, 5) is 18.4. The van der Waals surface area contributed by atoms with Crippen molar-refractivity contribution in [2.24, 2.45) is 0 Å². The second kappa shape index (κ2) is 5.51. The quantitative estimate of drug-likeness (QED) is 0.876. The Kier molecular flexibility index (Phi) is 3.56. The smallest absolute Gasteiger partial charge is 0.259 e.